The van der Waals surface area contributed by atoms with E-state index in [-0.39, 0.29) is 0 Å². The predicted octanol–water partition coefficient (Wildman–Crippen LogP) is -13.8. The first-order chi connectivity index (χ1) is 41.2. The summed E-state index contributed by atoms with van der Waals surface area (Å²) in [4.78, 5) is 25.8. The zero-order valence-corrected chi connectivity index (χ0v) is 50.5. The van der Waals surface area contributed by atoms with Gasteiger partial charge in [0.25, 0.3) is 0 Å². The molecule has 0 aromatic heterocycles. The molecule has 534 valence electrons. The van der Waals surface area contributed by atoms with E-state index in [0.717, 1.165) is 11.8 Å². The fraction of sp³-hybridized carbons (Fsp3) is 0.935. The summed E-state index contributed by atoms with van der Waals surface area (Å²) in [5, 5.41) is 87.8. The van der Waals surface area contributed by atoms with Gasteiger partial charge < -0.3 is 88.2 Å². The molecule has 0 aliphatic carbocycles. The second kappa shape index (κ2) is 29.9. The van der Waals surface area contributed by atoms with Crippen LogP contribution in [-0.4, -0.2) is 337 Å². The maximum atomic E-state index is 13.0. The minimum Gasteiger partial charge on any atom is -0.479 e. The molecule has 5 rings (SSSR count). The van der Waals surface area contributed by atoms with Gasteiger partial charge in [0, 0.05) is 7.11 Å². The lowest BCUT2D eigenvalue weighted by atomic mass is 9.94. The van der Waals surface area contributed by atoms with Crippen LogP contribution in [0.1, 0.15) is 0 Å². The Labute approximate surface area is 509 Å². The molecular weight excluding hydrogens is 1450 g/mol. The summed E-state index contributed by atoms with van der Waals surface area (Å²) in [6.07, 6.45) is -63.6. The molecule has 0 saturated carbocycles. The highest BCUT2D eigenvalue weighted by Crippen LogP contribution is 2.39. The number of aliphatic hydroxyl groups excluding tert-OH is 6. The minimum atomic E-state index is -6.36. The van der Waals surface area contributed by atoms with E-state index in [4.69, 9.17) is 51.9 Å². The van der Waals surface area contributed by atoms with Gasteiger partial charge in [-0.3, -0.25) is 36.4 Å². The van der Waals surface area contributed by atoms with E-state index >= 15 is 0 Å². The number of nitrogens with one attached hydrogen (secondary N) is 3. The van der Waals surface area contributed by atoms with Crippen LogP contribution in [0.4, 0.5) is 0 Å². The first-order valence-corrected chi connectivity index (χ1v) is 34.7. The molecule has 19 N–H and O–H groups in total. The predicted molar refractivity (Wildman–Crippen MR) is 262 cm³/mol. The molecule has 0 amide bonds. The average Bonchev–Trinajstić information content (AvgIpc) is 0.767. The van der Waals surface area contributed by atoms with Crippen LogP contribution >= 0.6 is 0 Å². The number of hydrogen-bond acceptors (Lipinski definition) is 39. The van der Waals surface area contributed by atoms with Crippen molar-refractivity contribution in [1.29, 1.82) is 0 Å². The van der Waals surface area contributed by atoms with Crippen LogP contribution in [0.5, 0.6) is 0 Å². The summed E-state index contributed by atoms with van der Waals surface area (Å²) in [6.45, 7) is -5.06. The van der Waals surface area contributed by atoms with Gasteiger partial charge in [-0.15, -0.1) is 0 Å². The Morgan fingerprint density at radius 3 is 1.13 bits per heavy atom. The molecule has 25 atom stereocenters. The fourth-order valence-corrected chi connectivity index (χ4v) is 12.7. The summed E-state index contributed by atoms with van der Waals surface area (Å²) < 4.78 is 346. The van der Waals surface area contributed by atoms with Crippen LogP contribution in [0.3, 0.4) is 0 Å². The van der Waals surface area contributed by atoms with Crippen LogP contribution in [0.15, 0.2) is 0 Å². The minimum absolute atomic E-state index is 0.735. The molecule has 0 bridgehead atoms. The smallest absolute Gasteiger partial charge is 0.397 e. The molecule has 0 spiro atoms. The largest absolute Gasteiger partial charge is 0.479 e. The number of carboxylic acids is 2. The number of hydrogen-bond donors (Lipinski definition) is 19. The van der Waals surface area contributed by atoms with Gasteiger partial charge >= 0.3 is 94.8 Å². The Bertz CT molecular complexity index is 3490. The highest BCUT2D eigenvalue weighted by molar-refractivity contribution is 7.84. The van der Waals surface area contributed by atoms with Crippen molar-refractivity contribution >= 4 is 94.8 Å². The van der Waals surface area contributed by atoms with Gasteiger partial charge in [-0.25, -0.2) is 30.5 Å². The monoisotopic (exact) mass is 1510 g/mol. The second-order valence-corrected chi connectivity index (χ2v) is 27.6. The van der Waals surface area contributed by atoms with Gasteiger partial charge in [0.15, 0.2) is 49.8 Å². The highest BCUT2D eigenvalue weighted by atomic mass is 32.3. The molecule has 10 unspecified atom stereocenters. The number of carbonyl (C=O) groups is 2. The molecule has 0 aromatic rings. The van der Waals surface area contributed by atoms with Crippen molar-refractivity contribution in [2.75, 3.05) is 26.9 Å². The maximum absolute atomic E-state index is 13.0. The number of carboxylic acid groups (broad SMARTS) is 2. The Kier molecular flexibility index (Phi) is 26.0. The molecule has 60 heteroatoms. The molecule has 0 radical (unpaired) electrons. The third kappa shape index (κ3) is 22.9. The van der Waals surface area contributed by atoms with Gasteiger partial charge in [0.2, 0.25) is 0 Å². The topological polar surface area (TPSA) is 805 Å². The quantitative estimate of drug-likeness (QED) is 0.0297. The zero-order valence-electron chi connectivity index (χ0n) is 43.9. The van der Waals surface area contributed by atoms with Crippen LogP contribution < -0.4 is 14.2 Å². The number of aliphatic hydroxyl groups is 6. The van der Waals surface area contributed by atoms with Crippen molar-refractivity contribution in [3.63, 3.8) is 0 Å². The van der Waals surface area contributed by atoms with Gasteiger partial charge in [-0.2, -0.15) is 81.5 Å². The fourth-order valence-electron chi connectivity index (χ4n) is 8.98. The van der Waals surface area contributed by atoms with Crippen molar-refractivity contribution in [2.45, 2.75) is 153 Å². The Hall–Kier alpha value is -2.74. The van der Waals surface area contributed by atoms with E-state index in [1.807, 2.05) is 0 Å². The third-order valence-corrected chi connectivity index (χ3v) is 16.4. The van der Waals surface area contributed by atoms with E-state index in [1.54, 1.807) is 0 Å². The standard InChI is InChI=1S/C31H53N3O49S8/c1-69-27-9(33-85(48,49)50)13(37)17(6(74-27)3-71-88(57,58)59)76-31-22(83-91(66,67)68)16(40)21(24(81-31)26(43)44)79-29-10(34-86(51,52)53)19(82-90(63,64)65)18(7(75-29)4-72-89(60,61)62)77-30-15(39)14(38)20(23(80-30)25(41)42)78-28-8(32-84(45,46)47)12(36)11(35)5(73-28)2-70-87(54,55)56/h5-24,27-40H,2-4H2,1H3,(H,41,42)(H,43,44)(H,45,46,47)(H,48,49,50)(H,51,52,53)(H,54,55,56)(H,57,58,59)(H,60,61,62)(H,63,64,65)(H,66,67,68)/t5?,6?,7?,8-,9-,10-,11+,12?,13?,14?,15-,16?,17+,18+,19?,20-,21+,22-,23?,24?,27+,28-,29-,30+,31+/m0/s1. The second-order valence-electron chi connectivity index (χ2n) is 18.7. The first-order valence-electron chi connectivity index (χ1n) is 23.5. The molecule has 5 heterocycles. The van der Waals surface area contributed by atoms with E-state index in [2.05, 4.69) is 20.9 Å². The number of methoxy groups -OCH3 is 1. The summed E-state index contributed by atoms with van der Waals surface area (Å²) in [5.74, 6) is -4.91. The molecule has 52 nitrogen and oxygen atoms in total. The lowest BCUT2D eigenvalue weighted by Crippen LogP contribution is -2.71. The van der Waals surface area contributed by atoms with Crippen molar-refractivity contribution < 1.29 is 222 Å². The van der Waals surface area contributed by atoms with Crippen LogP contribution in [0.2, 0.25) is 0 Å². The Morgan fingerprint density at radius 1 is 0.352 bits per heavy atom. The van der Waals surface area contributed by atoms with E-state index in [9.17, 15) is 150 Å². The molecule has 5 fully saturated rings. The lowest BCUT2D eigenvalue weighted by Gasteiger charge is -2.50. The van der Waals surface area contributed by atoms with Crippen molar-refractivity contribution in [2.24, 2.45) is 0 Å². The number of aliphatic carboxylic acids is 2. The molecule has 91 heavy (non-hydrogen) atoms. The first kappa shape index (κ1) is 79.0. The molecule has 0 aromatic carbocycles. The molecular formula is C31H53N3O49S8. The Balaban J connectivity index is 1.60. The average molecular weight is 1510 g/mol. The van der Waals surface area contributed by atoms with Crippen molar-refractivity contribution in [1.82, 2.24) is 14.2 Å². The SMILES string of the molecule is CO[C@@H]1OC(COS(=O)(=O)O)[C@@H](O[C@@H]2OC(C(=O)O)[C@H](O[C@@H]3OC(COS(=O)(=O)O)[C@@H](O[C@@H]4OC(C(=O)O)[C@@H](O[C@@H]5OC(COS(=O)(=O)O)[C@@H](O)C(O)[C@@H]5NS(=O)(=O)O)C(O)[C@@H]4O)C(OS(=O)(=O)O)[C@@H]3NS(=O)(=O)O)C(O)[C@@H]2OS(=O)(=O)O)C(O)[C@@H]1NS(=O)(=O)O. The summed E-state index contributed by atoms with van der Waals surface area (Å²) >= 11 is 0. The highest BCUT2D eigenvalue weighted by Gasteiger charge is 2.61. The van der Waals surface area contributed by atoms with E-state index in [1.165, 1.54) is 9.44 Å². The van der Waals surface area contributed by atoms with Gasteiger partial charge in [0.1, 0.15) is 104 Å². The van der Waals surface area contributed by atoms with Gasteiger partial charge in [-0.1, -0.05) is 0 Å². The Morgan fingerprint density at radius 2 is 0.703 bits per heavy atom. The van der Waals surface area contributed by atoms with Gasteiger partial charge in [-0.05, 0) is 0 Å². The molecule has 5 saturated heterocycles. The molecule has 5 aliphatic rings. The normalized spacial score (nSPS) is 38.6. The van der Waals surface area contributed by atoms with Crippen LogP contribution in [0.25, 0.3) is 0 Å². The lowest BCUT2D eigenvalue weighted by molar-refractivity contribution is -0.373. The number of ether oxygens (including phenoxy) is 10. The summed E-state index contributed by atoms with van der Waals surface area (Å²) in [6, 6.07) is -8.17. The summed E-state index contributed by atoms with van der Waals surface area (Å²) in [7, 11) is -45.9. The maximum Gasteiger partial charge on any atom is 0.397 e. The van der Waals surface area contributed by atoms with E-state index in [0.29, 0.717) is 0 Å². The van der Waals surface area contributed by atoms with Crippen LogP contribution in [0, 0.1) is 0 Å². The van der Waals surface area contributed by atoms with Crippen LogP contribution in [-0.2, 0) is 161 Å². The van der Waals surface area contributed by atoms with E-state index < -0.39 is 268 Å². The number of rotatable bonds is 30. The summed E-state index contributed by atoms with van der Waals surface area (Å²) in [5.41, 5.74) is 0. The third-order valence-electron chi connectivity index (χ3n) is 12.4. The van der Waals surface area contributed by atoms with Crippen molar-refractivity contribution in [3.05, 3.63) is 0 Å². The van der Waals surface area contributed by atoms with Crippen molar-refractivity contribution in [3.8, 4) is 0 Å². The zero-order chi connectivity index (χ0) is 69.4. The molecule has 5 aliphatic heterocycles. The van der Waals surface area contributed by atoms with Gasteiger partial charge in [0.05, 0.1) is 19.8 Å².